The summed E-state index contributed by atoms with van der Waals surface area (Å²) in [7, 11) is 0. The first kappa shape index (κ1) is 19.6. The SMILES string of the molecule is O=C(NCCOc1cccc(C(F)(F)F)n1)c1ccnc(NC(=O)C2CC2)c1. The minimum Gasteiger partial charge on any atom is -0.476 e. The van der Waals surface area contributed by atoms with Crippen molar-refractivity contribution in [2.75, 3.05) is 18.5 Å². The Kier molecular flexibility index (Phi) is 5.76. The predicted molar refractivity (Wildman–Crippen MR) is 92.7 cm³/mol. The van der Waals surface area contributed by atoms with Crippen LogP contribution in [-0.4, -0.2) is 34.9 Å². The van der Waals surface area contributed by atoms with Crippen molar-refractivity contribution < 1.29 is 27.5 Å². The summed E-state index contributed by atoms with van der Waals surface area (Å²) in [5.41, 5.74) is -0.759. The van der Waals surface area contributed by atoms with E-state index < -0.39 is 17.8 Å². The van der Waals surface area contributed by atoms with Crippen LogP contribution in [0.15, 0.2) is 36.5 Å². The Labute approximate surface area is 158 Å². The molecule has 2 aromatic heterocycles. The van der Waals surface area contributed by atoms with E-state index in [0.717, 1.165) is 18.9 Å². The lowest BCUT2D eigenvalue weighted by atomic mass is 10.2. The third-order valence-corrected chi connectivity index (χ3v) is 3.87. The van der Waals surface area contributed by atoms with Crippen molar-refractivity contribution in [1.29, 1.82) is 0 Å². The average molecular weight is 394 g/mol. The molecule has 1 saturated carbocycles. The van der Waals surface area contributed by atoms with Crippen molar-refractivity contribution >= 4 is 17.6 Å². The molecule has 0 unspecified atom stereocenters. The zero-order valence-electron chi connectivity index (χ0n) is 14.6. The van der Waals surface area contributed by atoms with Gasteiger partial charge in [-0.05, 0) is 31.0 Å². The van der Waals surface area contributed by atoms with Crippen LogP contribution in [-0.2, 0) is 11.0 Å². The lowest BCUT2D eigenvalue weighted by Crippen LogP contribution is -2.28. The van der Waals surface area contributed by atoms with Crippen molar-refractivity contribution in [2.24, 2.45) is 5.92 Å². The molecule has 2 heterocycles. The molecule has 3 rings (SSSR count). The molecular weight excluding hydrogens is 377 g/mol. The number of nitrogens with zero attached hydrogens (tertiary/aromatic N) is 2. The zero-order valence-corrected chi connectivity index (χ0v) is 14.6. The number of rotatable bonds is 7. The van der Waals surface area contributed by atoms with Crippen LogP contribution in [0.25, 0.3) is 0 Å². The van der Waals surface area contributed by atoms with E-state index in [1.807, 2.05) is 0 Å². The van der Waals surface area contributed by atoms with Gasteiger partial charge in [-0.3, -0.25) is 9.59 Å². The number of carbonyl (C=O) groups excluding carboxylic acids is 2. The highest BCUT2D eigenvalue weighted by molar-refractivity contribution is 5.97. The first-order valence-electron chi connectivity index (χ1n) is 8.55. The van der Waals surface area contributed by atoms with Crippen LogP contribution in [0.4, 0.5) is 19.0 Å². The van der Waals surface area contributed by atoms with Crippen LogP contribution in [0.5, 0.6) is 5.88 Å². The summed E-state index contributed by atoms with van der Waals surface area (Å²) in [6.07, 6.45) is -1.44. The van der Waals surface area contributed by atoms with Crippen LogP contribution in [0.1, 0.15) is 28.9 Å². The standard InChI is InChI=1S/C18H17F3N4O3/c19-18(20,21)13-2-1-3-15(24-13)28-9-8-23-16(26)12-6-7-22-14(10-12)25-17(27)11-4-5-11/h1-3,6-7,10-11H,4-5,8-9H2,(H,23,26)(H,22,25,27). The molecule has 1 aliphatic rings. The van der Waals surface area contributed by atoms with E-state index in [-0.39, 0.29) is 36.7 Å². The number of nitrogens with one attached hydrogen (secondary N) is 2. The quantitative estimate of drug-likeness (QED) is 0.705. The van der Waals surface area contributed by atoms with Gasteiger partial charge < -0.3 is 15.4 Å². The number of amides is 2. The highest BCUT2D eigenvalue weighted by Crippen LogP contribution is 2.30. The minimum atomic E-state index is -4.55. The number of hydrogen-bond acceptors (Lipinski definition) is 5. The molecule has 2 amide bonds. The summed E-state index contributed by atoms with van der Waals surface area (Å²) in [5.74, 6) is -0.426. The minimum absolute atomic E-state index is 0.0147. The van der Waals surface area contributed by atoms with Crippen molar-refractivity contribution in [3.05, 3.63) is 47.8 Å². The van der Waals surface area contributed by atoms with Crippen LogP contribution in [0, 0.1) is 5.92 Å². The molecule has 7 nitrogen and oxygen atoms in total. The van der Waals surface area contributed by atoms with Crippen LogP contribution in [0.3, 0.4) is 0 Å². The van der Waals surface area contributed by atoms with Gasteiger partial charge in [0, 0.05) is 23.7 Å². The Hall–Kier alpha value is -3.17. The Morgan fingerprint density at radius 1 is 1.21 bits per heavy atom. The normalized spacial score (nSPS) is 13.7. The molecule has 0 atom stereocenters. The molecular formula is C18H17F3N4O3. The Balaban J connectivity index is 1.47. The maximum atomic E-state index is 12.6. The fourth-order valence-electron chi connectivity index (χ4n) is 2.29. The van der Waals surface area contributed by atoms with Gasteiger partial charge in [0.25, 0.3) is 5.91 Å². The molecule has 0 radical (unpaired) electrons. The van der Waals surface area contributed by atoms with Gasteiger partial charge in [-0.25, -0.2) is 9.97 Å². The maximum absolute atomic E-state index is 12.6. The number of ether oxygens (including phenoxy) is 1. The predicted octanol–water partition coefficient (Wildman–Crippen LogP) is 2.65. The molecule has 2 aromatic rings. The first-order chi connectivity index (χ1) is 13.3. The number of anilines is 1. The Morgan fingerprint density at radius 3 is 2.71 bits per heavy atom. The van der Waals surface area contributed by atoms with Gasteiger partial charge in [0.05, 0.1) is 6.54 Å². The smallest absolute Gasteiger partial charge is 0.433 e. The van der Waals surface area contributed by atoms with Gasteiger partial charge in [-0.15, -0.1) is 0 Å². The highest BCUT2D eigenvalue weighted by Gasteiger charge is 2.32. The van der Waals surface area contributed by atoms with E-state index >= 15 is 0 Å². The monoisotopic (exact) mass is 394 g/mol. The molecule has 28 heavy (non-hydrogen) atoms. The Bertz CT molecular complexity index is 869. The lowest BCUT2D eigenvalue weighted by Gasteiger charge is -2.10. The molecule has 0 saturated heterocycles. The van der Waals surface area contributed by atoms with E-state index in [0.29, 0.717) is 5.56 Å². The molecule has 148 valence electrons. The van der Waals surface area contributed by atoms with E-state index in [4.69, 9.17) is 4.74 Å². The van der Waals surface area contributed by atoms with E-state index in [2.05, 4.69) is 20.6 Å². The highest BCUT2D eigenvalue weighted by atomic mass is 19.4. The van der Waals surface area contributed by atoms with Gasteiger partial charge in [-0.2, -0.15) is 13.2 Å². The number of aromatic nitrogens is 2. The largest absolute Gasteiger partial charge is 0.476 e. The van der Waals surface area contributed by atoms with Crippen LogP contribution < -0.4 is 15.4 Å². The fourth-order valence-corrected chi connectivity index (χ4v) is 2.29. The van der Waals surface area contributed by atoms with Crippen molar-refractivity contribution in [2.45, 2.75) is 19.0 Å². The number of carbonyl (C=O) groups is 2. The van der Waals surface area contributed by atoms with Gasteiger partial charge in [0.15, 0.2) is 0 Å². The molecule has 10 heteroatoms. The molecule has 0 spiro atoms. The number of halogens is 3. The van der Waals surface area contributed by atoms with Crippen molar-refractivity contribution in [3.8, 4) is 5.88 Å². The summed E-state index contributed by atoms with van der Waals surface area (Å²) in [5, 5.41) is 5.23. The topological polar surface area (TPSA) is 93.2 Å². The zero-order chi connectivity index (χ0) is 20.1. The fraction of sp³-hybridized carbons (Fsp3) is 0.333. The summed E-state index contributed by atoms with van der Waals surface area (Å²) >= 11 is 0. The second-order valence-electron chi connectivity index (χ2n) is 6.16. The van der Waals surface area contributed by atoms with Gasteiger partial charge in [0.2, 0.25) is 11.8 Å². The lowest BCUT2D eigenvalue weighted by molar-refractivity contribution is -0.141. The second-order valence-corrected chi connectivity index (χ2v) is 6.16. The average Bonchev–Trinajstić information content (AvgIpc) is 3.50. The number of alkyl halides is 3. The van der Waals surface area contributed by atoms with Crippen molar-refractivity contribution in [1.82, 2.24) is 15.3 Å². The van der Waals surface area contributed by atoms with Crippen LogP contribution >= 0.6 is 0 Å². The second kappa shape index (κ2) is 8.24. The maximum Gasteiger partial charge on any atom is 0.433 e. The number of hydrogen-bond donors (Lipinski definition) is 2. The molecule has 1 fully saturated rings. The summed E-state index contributed by atoms with van der Waals surface area (Å²) in [6.45, 7) is -0.000739. The van der Waals surface area contributed by atoms with Gasteiger partial charge >= 0.3 is 6.18 Å². The Morgan fingerprint density at radius 2 is 2.00 bits per heavy atom. The first-order valence-corrected chi connectivity index (χ1v) is 8.55. The summed E-state index contributed by atoms with van der Waals surface area (Å²) in [6, 6.07) is 6.27. The number of pyridine rings is 2. The van der Waals surface area contributed by atoms with E-state index in [9.17, 15) is 22.8 Å². The van der Waals surface area contributed by atoms with Crippen LogP contribution in [0.2, 0.25) is 0 Å². The van der Waals surface area contributed by atoms with E-state index in [1.54, 1.807) is 0 Å². The van der Waals surface area contributed by atoms with Gasteiger partial charge in [-0.1, -0.05) is 6.07 Å². The third kappa shape index (κ3) is 5.41. The molecule has 1 aliphatic carbocycles. The molecule has 2 N–H and O–H groups in total. The van der Waals surface area contributed by atoms with Gasteiger partial charge in [0.1, 0.15) is 18.1 Å². The summed E-state index contributed by atoms with van der Waals surface area (Å²) < 4.78 is 43.0. The van der Waals surface area contributed by atoms with E-state index in [1.165, 1.54) is 30.5 Å². The molecule has 0 bridgehead atoms. The molecule has 0 aromatic carbocycles. The molecule has 0 aliphatic heterocycles. The van der Waals surface area contributed by atoms with Crippen molar-refractivity contribution in [3.63, 3.8) is 0 Å². The third-order valence-electron chi connectivity index (χ3n) is 3.87. The summed E-state index contributed by atoms with van der Waals surface area (Å²) in [4.78, 5) is 31.3.